The van der Waals surface area contributed by atoms with Crippen molar-refractivity contribution >= 4 is 51.4 Å². The number of hydrogen-bond donors (Lipinski definition) is 2. The molecular formula is C17H16Cl2N2O2S. The molecule has 1 atom stereocenters. The molecule has 7 heteroatoms. The maximum absolute atomic E-state index is 12.5. The van der Waals surface area contributed by atoms with Gasteiger partial charge in [0, 0.05) is 4.88 Å². The summed E-state index contributed by atoms with van der Waals surface area (Å²) in [6.07, 6.45) is 2.71. The lowest BCUT2D eigenvalue weighted by atomic mass is 9.88. The summed E-state index contributed by atoms with van der Waals surface area (Å²) in [6, 6.07) is 4.85. The van der Waals surface area contributed by atoms with Gasteiger partial charge in [0.05, 0.1) is 21.2 Å². The highest BCUT2D eigenvalue weighted by Gasteiger charge is 2.27. The van der Waals surface area contributed by atoms with Crippen LogP contribution in [0.1, 0.15) is 44.5 Å². The van der Waals surface area contributed by atoms with Crippen LogP contribution in [0.2, 0.25) is 10.0 Å². The van der Waals surface area contributed by atoms with Crippen molar-refractivity contribution in [3.63, 3.8) is 0 Å². The molecule has 1 heterocycles. The molecule has 2 aromatic rings. The van der Waals surface area contributed by atoms with Crippen molar-refractivity contribution in [1.82, 2.24) is 0 Å². The maximum atomic E-state index is 12.5. The third kappa shape index (κ3) is 3.16. The lowest BCUT2D eigenvalue weighted by Gasteiger charge is -2.18. The van der Waals surface area contributed by atoms with Crippen LogP contribution in [0.25, 0.3) is 0 Å². The Morgan fingerprint density at radius 1 is 1.33 bits per heavy atom. The Bertz CT molecular complexity index is 832. The molecule has 0 aliphatic heterocycles. The van der Waals surface area contributed by atoms with Gasteiger partial charge >= 0.3 is 0 Å². The van der Waals surface area contributed by atoms with Crippen LogP contribution >= 0.6 is 34.5 Å². The van der Waals surface area contributed by atoms with E-state index in [9.17, 15) is 9.59 Å². The number of carbonyl (C=O) groups excluding carboxylic acids is 2. The number of fused-ring (bicyclic) bond motifs is 1. The fourth-order valence-electron chi connectivity index (χ4n) is 2.95. The van der Waals surface area contributed by atoms with Gasteiger partial charge in [-0.2, -0.15) is 0 Å². The number of thiophene rings is 1. The van der Waals surface area contributed by atoms with Crippen LogP contribution in [0.3, 0.4) is 0 Å². The highest BCUT2D eigenvalue weighted by Crippen LogP contribution is 2.39. The fraction of sp³-hybridized carbons (Fsp3) is 0.294. The Morgan fingerprint density at radius 2 is 2.08 bits per heavy atom. The molecule has 0 saturated heterocycles. The van der Waals surface area contributed by atoms with E-state index in [1.807, 2.05) is 0 Å². The van der Waals surface area contributed by atoms with Gasteiger partial charge in [-0.15, -0.1) is 11.3 Å². The molecule has 0 fully saturated rings. The second-order valence-corrected chi connectivity index (χ2v) is 7.87. The number of nitrogens with two attached hydrogens (primary N) is 1. The lowest BCUT2D eigenvalue weighted by Crippen LogP contribution is -2.19. The second-order valence-electron chi connectivity index (χ2n) is 5.98. The number of halogens is 2. The van der Waals surface area contributed by atoms with Crippen molar-refractivity contribution in [2.45, 2.75) is 26.2 Å². The average Bonchev–Trinajstić information content (AvgIpc) is 2.86. The van der Waals surface area contributed by atoms with E-state index in [0.717, 1.165) is 29.7 Å². The SMILES string of the molecule is C[C@H]1CCc2c(sc(NC(=O)c3cccc(Cl)c3Cl)c2C(N)=O)C1. The molecule has 0 unspecified atom stereocenters. The van der Waals surface area contributed by atoms with E-state index in [0.29, 0.717) is 21.5 Å². The summed E-state index contributed by atoms with van der Waals surface area (Å²) in [6.45, 7) is 2.18. The number of hydrogen-bond acceptors (Lipinski definition) is 3. The summed E-state index contributed by atoms with van der Waals surface area (Å²) < 4.78 is 0. The maximum Gasteiger partial charge on any atom is 0.257 e. The zero-order valence-electron chi connectivity index (χ0n) is 13.0. The number of nitrogens with one attached hydrogen (secondary N) is 1. The number of amides is 2. The van der Waals surface area contributed by atoms with E-state index >= 15 is 0 Å². The van der Waals surface area contributed by atoms with Gasteiger partial charge in [0.15, 0.2) is 0 Å². The molecule has 0 radical (unpaired) electrons. The first-order valence-electron chi connectivity index (χ1n) is 7.58. The minimum atomic E-state index is -0.519. The van der Waals surface area contributed by atoms with Crippen LogP contribution in [-0.4, -0.2) is 11.8 Å². The highest BCUT2D eigenvalue weighted by atomic mass is 35.5. The minimum Gasteiger partial charge on any atom is -0.365 e. The molecule has 1 aromatic carbocycles. The van der Waals surface area contributed by atoms with Gasteiger partial charge in [0.1, 0.15) is 5.00 Å². The van der Waals surface area contributed by atoms with Gasteiger partial charge in [-0.1, -0.05) is 36.2 Å². The molecule has 1 aliphatic carbocycles. The van der Waals surface area contributed by atoms with Crippen LogP contribution in [0.4, 0.5) is 5.00 Å². The summed E-state index contributed by atoms with van der Waals surface area (Å²) in [5.41, 5.74) is 7.21. The van der Waals surface area contributed by atoms with Crippen molar-refractivity contribution in [2.75, 3.05) is 5.32 Å². The van der Waals surface area contributed by atoms with Crippen LogP contribution in [-0.2, 0) is 12.8 Å². The van der Waals surface area contributed by atoms with Gasteiger partial charge in [-0.25, -0.2) is 0 Å². The molecule has 0 bridgehead atoms. The summed E-state index contributed by atoms with van der Waals surface area (Å²) >= 11 is 13.5. The zero-order valence-corrected chi connectivity index (χ0v) is 15.3. The van der Waals surface area contributed by atoms with Crippen molar-refractivity contribution in [3.8, 4) is 0 Å². The monoisotopic (exact) mass is 382 g/mol. The predicted octanol–water partition coefficient (Wildman–Crippen LogP) is 4.53. The van der Waals surface area contributed by atoms with Gasteiger partial charge in [0.2, 0.25) is 0 Å². The number of anilines is 1. The molecule has 4 nitrogen and oxygen atoms in total. The van der Waals surface area contributed by atoms with E-state index in [-0.39, 0.29) is 10.6 Å². The highest BCUT2D eigenvalue weighted by molar-refractivity contribution is 7.17. The number of carbonyl (C=O) groups is 2. The largest absolute Gasteiger partial charge is 0.365 e. The lowest BCUT2D eigenvalue weighted by molar-refractivity contribution is 0.1000. The number of primary amides is 1. The van der Waals surface area contributed by atoms with Gasteiger partial charge in [0.25, 0.3) is 11.8 Å². The Morgan fingerprint density at radius 3 is 2.79 bits per heavy atom. The Balaban J connectivity index is 1.97. The fourth-order valence-corrected chi connectivity index (χ4v) is 4.75. The average molecular weight is 383 g/mol. The quantitative estimate of drug-likeness (QED) is 0.817. The molecule has 3 N–H and O–H groups in total. The first kappa shape index (κ1) is 17.3. The van der Waals surface area contributed by atoms with E-state index in [1.54, 1.807) is 18.2 Å². The third-order valence-electron chi connectivity index (χ3n) is 4.18. The topological polar surface area (TPSA) is 72.2 Å². The Hall–Kier alpha value is -1.56. The van der Waals surface area contributed by atoms with E-state index in [2.05, 4.69) is 12.2 Å². The number of benzene rings is 1. The summed E-state index contributed by atoms with van der Waals surface area (Å²) in [5.74, 6) is -0.367. The molecule has 1 aromatic heterocycles. The first-order chi connectivity index (χ1) is 11.4. The van der Waals surface area contributed by atoms with Gasteiger partial charge < -0.3 is 11.1 Å². The van der Waals surface area contributed by atoms with Crippen molar-refractivity contribution < 1.29 is 9.59 Å². The third-order valence-corrected chi connectivity index (χ3v) is 6.17. The molecule has 2 amide bonds. The van der Waals surface area contributed by atoms with Crippen molar-refractivity contribution in [3.05, 3.63) is 49.8 Å². The predicted molar refractivity (Wildman–Crippen MR) is 98.4 cm³/mol. The summed E-state index contributed by atoms with van der Waals surface area (Å²) in [5, 5.41) is 3.76. The Kier molecular flexibility index (Phi) is 4.85. The summed E-state index contributed by atoms with van der Waals surface area (Å²) in [4.78, 5) is 25.6. The molecular weight excluding hydrogens is 367 g/mol. The van der Waals surface area contributed by atoms with Crippen molar-refractivity contribution in [1.29, 1.82) is 0 Å². The molecule has 3 rings (SSSR count). The van der Waals surface area contributed by atoms with E-state index in [1.165, 1.54) is 11.3 Å². The van der Waals surface area contributed by atoms with Crippen LogP contribution in [0, 0.1) is 5.92 Å². The summed E-state index contributed by atoms with van der Waals surface area (Å²) in [7, 11) is 0. The molecule has 0 saturated carbocycles. The van der Waals surface area contributed by atoms with E-state index in [4.69, 9.17) is 28.9 Å². The smallest absolute Gasteiger partial charge is 0.257 e. The first-order valence-corrected chi connectivity index (χ1v) is 9.15. The normalized spacial score (nSPS) is 16.5. The van der Waals surface area contributed by atoms with Crippen LogP contribution < -0.4 is 11.1 Å². The number of rotatable bonds is 3. The minimum absolute atomic E-state index is 0.187. The standard InChI is InChI=1S/C17H16Cl2N2O2S/c1-8-5-6-9-12(7-8)24-17(13(9)15(20)22)21-16(23)10-3-2-4-11(18)14(10)19/h2-4,8H,5-7H2,1H3,(H2,20,22)(H,21,23)/t8-/m0/s1. The molecule has 1 aliphatic rings. The molecule has 126 valence electrons. The molecule has 24 heavy (non-hydrogen) atoms. The van der Waals surface area contributed by atoms with Crippen molar-refractivity contribution in [2.24, 2.45) is 11.7 Å². The Labute approximate surface area is 153 Å². The van der Waals surface area contributed by atoms with Crippen LogP contribution in [0.5, 0.6) is 0 Å². The second kappa shape index (κ2) is 6.75. The zero-order chi connectivity index (χ0) is 17.4. The van der Waals surface area contributed by atoms with Gasteiger partial charge in [-0.05, 0) is 42.9 Å². The molecule has 0 spiro atoms. The van der Waals surface area contributed by atoms with Crippen LogP contribution in [0.15, 0.2) is 18.2 Å². The van der Waals surface area contributed by atoms with Gasteiger partial charge in [-0.3, -0.25) is 9.59 Å². The van der Waals surface area contributed by atoms with E-state index < -0.39 is 11.8 Å².